The Hall–Kier alpha value is -1.30. The Morgan fingerprint density at radius 3 is 3.05 bits per heavy atom. The molecule has 1 heterocycles. The van der Waals surface area contributed by atoms with Crippen molar-refractivity contribution in [1.82, 2.24) is 4.90 Å². The molecule has 1 aliphatic heterocycles. The molecule has 0 saturated carbocycles. The van der Waals surface area contributed by atoms with Gasteiger partial charge in [-0.15, -0.1) is 0 Å². The molecule has 6 heteroatoms. The number of halogens is 1. The van der Waals surface area contributed by atoms with Crippen molar-refractivity contribution in [3.8, 4) is 0 Å². The molecule has 2 rings (SSSR count). The highest BCUT2D eigenvalue weighted by atomic mass is 35.5. The van der Waals surface area contributed by atoms with Crippen molar-refractivity contribution in [2.45, 2.75) is 32.4 Å². The molecule has 1 fully saturated rings. The van der Waals surface area contributed by atoms with E-state index in [0.717, 1.165) is 13.0 Å². The van der Waals surface area contributed by atoms with Gasteiger partial charge in [-0.1, -0.05) is 18.5 Å². The Balaban J connectivity index is 1.98. The van der Waals surface area contributed by atoms with E-state index < -0.39 is 0 Å². The van der Waals surface area contributed by atoms with Gasteiger partial charge >= 0.3 is 0 Å². The highest BCUT2D eigenvalue weighted by molar-refractivity contribution is 6.33. The van der Waals surface area contributed by atoms with Crippen molar-refractivity contribution in [3.63, 3.8) is 0 Å². The van der Waals surface area contributed by atoms with Crippen molar-refractivity contribution >= 4 is 28.9 Å². The molecule has 1 aliphatic rings. The number of morpholine rings is 1. The first-order valence-electron chi connectivity index (χ1n) is 7.20. The summed E-state index contributed by atoms with van der Waals surface area (Å²) in [6.07, 6.45) is 1.11. The molecular formula is C15H22ClN3O2. The molecule has 5 nitrogen and oxygen atoms in total. The molecule has 1 aromatic carbocycles. The van der Waals surface area contributed by atoms with Crippen LogP contribution >= 0.6 is 11.6 Å². The first-order chi connectivity index (χ1) is 9.99. The highest BCUT2D eigenvalue weighted by Crippen LogP contribution is 2.24. The number of rotatable bonds is 4. The quantitative estimate of drug-likeness (QED) is 0.838. The maximum atomic E-state index is 12.2. The monoisotopic (exact) mass is 311 g/mol. The van der Waals surface area contributed by atoms with E-state index in [4.69, 9.17) is 22.1 Å². The molecule has 0 radical (unpaired) electrons. The van der Waals surface area contributed by atoms with Crippen LogP contribution in [-0.2, 0) is 9.53 Å². The van der Waals surface area contributed by atoms with Crippen LogP contribution in [0.3, 0.4) is 0 Å². The molecular weight excluding hydrogens is 290 g/mol. The Labute approximate surface area is 130 Å². The minimum Gasteiger partial charge on any atom is -0.399 e. The molecule has 1 amide bonds. The lowest BCUT2D eigenvalue weighted by Crippen LogP contribution is -2.51. The maximum absolute atomic E-state index is 12.2. The lowest BCUT2D eigenvalue weighted by molar-refractivity contribution is -0.121. The molecule has 1 saturated heterocycles. The Bertz CT molecular complexity index is 510. The Morgan fingerprint density at radius 2 is 2.33 bits per heavy atom. The third-order valence-electron chi connectivity index (χ3n) is 3.66. The minimum atomic E-state index is -0.0879. The van der Waals surface area contributed by atoms with Gasteiger partial charge in [0.15, 0.2) is 0 Å². The van der Waals surface area contributed by atoms with Crippen LogP contribution in [0, 0.1) is 0 Å². The van der Waals surface area contributed by atoms with E-state index in [1.165, 1.54) is 0 Å². The number of carbonyl (C=O) groups is 1. The van der Waals surface area contributed by atoms with E-state index in [9.17, 15) is 4.79 Å². The summed E-state index contributed by atoms with van der Waals surface area (Å²) < 4.78 is 5.64. The van der Waals surface area contributed by atoms with Gasteiger partial charge in [0.25, 0.3) is 0 Å². The van der Waals surface area contributed by atoms with Crippen molar-refractivity contribution in [2.24, 2.45) is 0 Å². The highest BCUT2D eigenvalue weighted by Gasteiger charge is 2.27. The summed E-state index contributed by atoms with van der Waals surface area (Å²) in [5.41, 5.74) is 6.83. The predicted molar refractivity (Wildman–Crippen MR) is 85.6 cm³/mol. The van der Waals surface area contributed by atoms with Crippen LogP contribution < -0.4 is 11.1 Å². The molecule has 0 bridgehead atoms. The summed E-state index contributed by atoms with van der Waals surface area (Å²) in [5.74, 6) is -0.0879. The van der Waals surface area contributed by atoms with Crippen LogP contribution in [0.4, 0.5) is 11.4 Å². The molecule has 116 valence electrons. The predicted octanol–water partition coefficient (Wildman–Crippen LogP) is 2.36. The first-order valence-corrected chi connectivity index (χ1v) is 7.58. The van der Waals surface area contributed by atoms with Gasteiger partial charge in [0.2, 0.25) is 5.91 Å². The number of anilines is 2. The topological polar surface area (TPSA) is 67.6 Å². The van der Waals surface area contributed by atoms with Crippen LogP contribution in [0.25, 0.3) is 0 Å². The van der Waals surface area contributed by atoms with Crippen molar-refractivity contribution in [2.75, 3.05) is 30.7 Å². The normalized spacial score (nSPS) is 23.0. The Morgan fingerprint density at radius 1 is 1.57 bits per heavy atom. The van der Waals surface area contributed by atoms with Crippen LogP contribution in [0.15, 0.2) is 18.2 Å². The lowest BCUT2D eigenvalue weighted by atomic mass is 10.1. The zero-order valence-electron chi connectivity index (χ0n) is 12.4. The second kappa shape index (κ2) is 7.11. The molecule has 3 N–H and O–H groups in total. The third-order valence-corrected chi connectivity index (χ3v) is 3.99. The summed E-state index contributed by atoms with van der Waals surface area (Å²) in [6.45, 7) is 5.88. The number of hydrogen-bond acceptors (Lipinski definition) is 4. The smallest absolute Gasteiger partial charge is 0.238 e. The molecule has 1 aromatic rings. The fourth-order valence-electron chi connectivity index (χ4n) is 2.50. The lowest BCUT2D eigenvalue weighted by Gasteiger charge is -2.37. The number of amides is 1. The summed E-state index contributed by atoms with van der Waals surface area (Å²) in [4.78, 5) is 14.4. The fraction of sp³-hybridized carbons (Fsp3) is 0.533. The number of nitrogen functional groups attached to an aromatic ring is 1. The van der Waals surface area contributed by atoms with E-state index in [1.54, 1.807) is 18.2 Å². The molecule has 0 aromatic heterocycles. The van der Waals surface area contributed by atoms with Gasteiger partial charge in [-0.2, -0.15) is 0 Å². The van der Waals surface area contributed by atoms with E-state index in [0.29, 0.717) is 29.5 Å². The number of benzene rings is 1. The number of nitrogens with one attached hydrogen (secondary N) is 1. The van der Waals surface area contributed by atoms with Gasteiger partial charge in [0.1, 0.15) is 0 Å². The number of ether oxygens (including phenoxy) is 1. The number of hydrogen-bond donors (Lipinski definition) is 2. The fourth-order valence-corrected chi connectivity index (χ4v) is 2.66. The van der Waals surface area contributed by atoms with Gasteiger partial charge < -0.3 is 15.8 Å². The molecule has 0 spiro atoms. The van der Waals surface area contributed by atoms with Gasteiger partial charge in [-0.25, -0.2) is 0 Å². The van der Waals surface area contributed by atoms with Crippen molar-refractivity contribution < 1.29 is 9.53 Å². The van der Waals surface area contributed by atoms with E-state index in [2.05, 4.69) is 17.1 Å². The molecule has 2 unspecified atom stereocenters. The number of nitrogens with zero attached hydrogens (tertiary/aromatic N) is 1. The van der Waals surface area contributed by atoms with Crippen molar-refractivity contribution in [3.05, 3.63) is 23.2 Å². The van der Waals surface area contributed by atoms with E-state index >= 15 is 0 Å². The molecule has 2 atom stereocenters. The zero-order chi connectivity index (χ0) is 15.4. The SMILES string of the molecule is CCC1COC(C)CN1CC(=O)Nc1cc(N)ccc1Cl. The minimum absolute atomic E-state index is 0.0879. The Kier molecular flexibility index (Phi) is 5.45. The van der Waals surface area contributed by atoms with E-state index in [1.807, 2.05) is 6.92 Å². The van der Waals surface area contributed by atoms with Gasteiger partial charge in [-0.05, 0) is 31.5 Å². The number of carbonyl (C=O) groups excluding carboxylic acids is 1. The standard InChI is InChI=1S/C15H22ClN3O2/c1-3-12-9-21-10(2)7-19(12)8-15(20)18-14-6-11(17)4-5-13(14)16/h4-6,10,12H,3,7-9,17H2,1-2H3,(H,18,20). The van der Waals surface area contributed by atoms with Gasteiger partial charge in [0.05, 0.1) is 30.0 Å². The zero-order valence-corrected chi connectivity index (χ0v) is 13.2. The van der Waals surface area contributed by atoms with Crippen molar-refractivity contribution in [1.29, 1.82) is 0 Å². The second-order valence-corrected chi connectivity index (χ2v) is 5.83. The van der Waals surface area contributed by atoms with Crippen LogP contribution in [-0.4, -0.2) is 42.6 Å². The first kappa shape index (κ1) is 16.1. The summed E-state index contributed by atoms with van der Waals surface area (Å²) in [7, 11) is 0. The number of nitrogens with two attached hydrogens (primary N) is 1. The van der Waals surface area contributed by atoms with Gasteiger partial charge in [0, 0.05) is 18.3 Å². The van der Waals surface area contributed by atoms with E-state index in [-0.39, 0.29) is 18.1 Å². The van der Waals surface area contributed by atoms with Gasteiger partial charge in [-0.3, -0.25) is 9.69 Å². The summed E-state index contributed by atoms with van der Waals surface area (Å²) in [6, 6.07) is 5.33. The average molecular weight is 312 g/mol. The summed E-state index contributed by atoms with van der Waals surface area (Å²) >= 11 is 6.06. The largest absolute Gasteiger partial charge is 0.399 e. The van der Waals surface area contributed by atoms with Crippen LogP contribution in [0.2, 0.25) is 5.02 Å². The average Bonchev–Trinajstić information content (AvgIpc) is 2.43. The third kappa shape index (κ3) is 4.33. The molecule has 21 heavy (non-hydrogen) atoms. The summed E-state index contributed by atoms with van der Waals surface area (Å²) in [5, 5.41) is 3.31. The van der Waals surface area contributed by atoms with Crippen LogP contribution in [0.1, 0.15) is 20.3 Å². The van der Waals surface area contributed by atoms with Crippen LogP contribution in [0.5, 0.6) is 0 Å². The maximum Gasteiger partial charge on any atom is 0.238 e. The molecule has 0 aliphatic carbocycles. The second-order valence-electron chi connectivity index (χ2n) is 5.42.